The maximum atomic E-state index is 12.4. The van der Waals surface area contributed by atoms with Crippen LogP contribution in [-0.2, 0) is 10.0 Å². The minimum absolute atomic E-state index is 0.0338. The first-order chi connectivity index (χ1) is 11.3. The van der Waals surface area contributed by atoms with Crippen molar-refractivity contribution in [3.05, 3.63) is 23.8 Å². The number of nitrogens with zero attached hydrogens (tertiary/aromatic N) is 2. The lowest BCUT2D eigenvalue weighted by atomic mass is 10.1. The van der Waals surface area contributed by atoms with Crippen molar-refractivity contribution in [1.29, 1.82) is 0 Å². The van der Waals surface area contributed by atoms with E-state index in [2.05, 4.69) is 16.6 Å². The Kier molecular flexibility index (Phi) is 5.64. The first-order valence-corrected chi connectivity index (χ1v) is 9.78. The predicted molar refractivity (Wildman–Crippen MR) is 96.2 cm³/mol. The number of rotatable bonds is 6. The number of hydrogen-bond acceptors (Lipinski definition) is 4. The largest absolute Gasteiger partial charge is 0.350 e. The van der Waals surface area contributed by atoms with Crippen LogP contribution in [0, 0.1) is 0 Å². The molecule has 0 bridgehead atoms. The first kappa shape index (κ1) is 18.4. The van der Waals surface area contributed by atoms with Crippen LogP contribution in [-0.4, -0.2) is 32.7 Å². The van der Waals surface area contributed by atoms with E-state index in [-0.39, 0.29) is 16.8 Å². The number of fused-ring (bicyclic) bond motifs is 1. The first-order valence-electron chi connectivity index (χ1n) is 8.34. The predicted octanol–water partition coefficient (Wildman–Crippen LogP) is 2.94. The fourth-order valence-corrected chi connectivity index (χ4v) is 3.80. The lowest BCUT2D eigenvalue weighted by molar-refractivity contribution is 0.0939. The standard InChI is InChI=1S/C17H25N3O3S/c1-5-7-10-20-13(4)19-24(22,23)16-11-14(8-9-15(16)20)17(21)18-12(3)6-2/h8-9,11-12H,5-7,10H2,1-4H3,(H,18,21). The molecular weight excluding hydrogens is 326 g/mol. The van der Waals surface area contributed by atoms with E-state index in [0.29, 0.717) is 23.6 Å². The minimum atomic E-state index is -3.77. The van der Waals surface area contributed by atoms with Crippen LogP contribution >= 0.6 is 0 Å². The summed E-state index contributed by atoms with van der Waals surface area (Å²) in [6, 6.07) is 4.83. The Balaban J connectivity index is 2.42. The topological polar surface area (TPSA) is 78.8 Å². The highest BCUT2D eigenvalue weighted by Gasteiger charge is 2.29. The molecule has 6 nitrogen and oxygen atoms in total. The number of amides is 1. The molecule has 1 N–H and O–H groups in total. The summed E-state index contributed by atoms with van der Waals surface area (Å²) in [7, 11) is -3.77. The second-order valence-electron chi connectivity index (χ2n) is 6.08. The third-order valence-corrected chi connectivity index (χ3v) is 5.55. The van der Waals surface area contributed by atoms with Crippen molar-refractivity contribution >= 4 is 27.5 Å². The van der Waals surface area contributed by atoms with E-state index >= 15 is 0 Å². The van der Waals surface area contributed by atoms with Gasteiger partial charge in [-0.1, -0.05) is 20.3 Å². The van der Waals surface area contributed by atoms with Crippen molar-refractivity contribution in [3.8, 4) is 0 Å². The molecule has 0 aliphatic carbocycles. The molecular formula is C17H25N3O3S. The van der Waals surface area contributed by atoms with Crippen molar-refractivity contribution in [3.63, 3.8) is 0 Å². The highest BCUT2D eigenvalue weighted by molar-refractivity contribution is 7.90. The number of carbonyl (C=O) groups is 1. The maximum Gasteiger partial charge on any atom is 0.286 e. The second-order valence-corrected chi connectivity index (χ2v) is 7.66. The molecule has 1 aromatic carbocycles. The van der Waals surface area contributed by atoms with Crippen LogP contribution in [0.5, 0.6) is 0 Å². The van der Waals surface area contributed by atoms with Gasteiger partial charge in [0.1, 0.15) is 10.7 Å². The van der Waals surface area contributed by atoms with Crippen molar-refractivity contribution in [2.75, 3.05) is 11.4 Å². The molecule has 0 aromatic heterocycles. The van der Waals surface area contributed by atoms with Gasteiger partial charge in [0, 0.05) is 18.2 Å². The van der Waals surface area contributed by atoms with Gasteiger partial charge in [-0.3, -0.25) is 4.79 Å². The van der Waals surface area contributed by atoms with E-state index in [9.17, 15) is 13.2 Å². The van der Waals surface area contributed by atoms with E-state index in [0.717, 1.165) is 19.3 Å². The van der Waals surface area contributed by atoms with Crippen LogP contribution in [0.3, 0.4) is 0 Å². The fraction of sp³-hybridized carbons (Fsp3) is 0.529. The zero-order valence-corrected chi connectivity index (χ0v) is 15.5. The average Bonchev–Trinajstić information content (AvgIpc) is 2.53. The summed E-state index contributed by atoms with van der Waals surface area (Å²) in [5, 5.41) is 2.85. The van der Waals surface area contributed by atoms with Crippen LogP contribution in [0.25, 0.3) is 0 Å². The van der Waals surface area contributed by atoms with Gasteiger partial charge in [0.2, 0.25) is 0 Å². The molecule has 1 heterocycles. The van der Waals surface area contributed by atoms with Crippen LogP contribution in [0.4, 0.5) is 5.69 Å². The number of benzene rings is 1. The molecule has 24 heavy (non-hydrogen) atoms. The van der Waals surface area contributed by atoms with Crippen LogP contribution < -0.4 is 10.2 Å². The molecule has 2 rings (SSSR count). The molecule has 1 atom stereocenters. The highest BCUT2D eigenvalue weighted by Crippen LogP contribution is 2.32. The summed E-state index contributed by atoms with van der Waals surface area (Å²) in [4.78, 5) is 14.3. The maximum absolute atomic E-state index is 12.4. The van der Waals surface area contributed by atoms with E-state index in [1.807, 2.05) is 18.7 Å². The number of sulfonamides is 1. The Morgan fingerprint density at radius 3 is 2.67 bits per heavy atom. The van der Waals surface area contributed by atoms with Gasteiger partial charge in [-0.2, -0.15) is 8.42 Å². The van der Waals surface area contributed by atoms with Gasteiger partial charge in [0.15, 0.2) is 0 Å². The third kappa shape index (κ3) is 3.77. The molecule has 1 aromatic rings. The quantitative estimate of drug-likeness (QED) is 0.854. The summed E-state index contributed by atoms with van der Waals surface area (Å²) in [6.07, 6.45) is 2.74. The third-order valence-electron chi connectivity index (χ3n) is 4.16. The highest BCUT2D eigenvalue weighted by atomic mass is 32.2. The van der Waals surface area contributed by atoms with Gasteiger partial charge in [-0.05, 0) is 44.9 Å². The molecule has 0 saturated heterocycles. The average molecular weight is 351 g/mol. The number of hydrogen-bond donors (Lipinski definition) is 1. The summed E-state index contributed by atoms with van der Waals surface area (Å²) >= 11 is 0. The van der Waals surface area contributed by atoms with Crippen molar-refractivity contribution in [2.45, 2.75) is 57.9 Å². The van der Waals surface area contributed by atoms with E-state index in [1.54, 1.807) is 19.1 Å². The van der Waals surface area contributed by atoms with Gasteiger partial charge in [-0.25, -0.2) is 0 Å². The normalized spacial score (nSPS) is 17.0. The lowest BCUT2D eigenvalue weighted by Gasteiger charge is -2.29. The zero-order chi connectivity index (χ0) is 17.9. The minimum Gasteiger partial charge on any atom is -0.350 e. The Morgan fingerprint density at radius 1 is 1.33 bits per heavy atom. The molecule has 1 unspecified atom stereocenters. The molecule has 1 amide bonds. The lowest BCUT2D eigenvalue weighted by Crippen LogP contribution is -2.35. The second kappa shape index (κ2) is 7.34. The number of amidine groups is 1. The zero-order valence-electron chi connectivity index (χ0n) is 14.7. The Bertz CT molecular complexity index is 756. The molecule has 0 radical (unpaired) electrons. The Labute approximate surface area is 144 Å². The number of unbranched alkanes of at least 4 members (excludes halogenated alkanes) is 1. The number of anilines is 1. The number of nitrogens with one attached hydrogen (secondary N) is 1. The van der Waals surface area contributed by atoms with E-state index < -0.39 is 10.0 Å². The van der Waals surface area contributed by atoms with Gasteiger partial charge in [-0.15, -0.1) is 4.40 Å². The van der Waals surface area contributed by atoms with Crippen molar-refractivity contribution in [1.82, 2.24) is 5.32 Å². The van der Waals surface area contributed by atoms with Crippen molar-refractivity contribution in [2.24, 2.45) is 4.40 Å². The number of carbonyl (C=O) groups excluding carboxylic acids is 1. The molecule has 1 aliphatic rings. The van der Waals surface area contributed by atoms with Crippen LogP contribution in [0.1, 0.15) is 57.3 Å². The monoisotopic (exact) mass is 351 g/mol. The Morgan fingerprint density at radius 2 is 2.04 bits per heavy atom. The van der Waals surface area contributed by atoms with E-state index in [1.165, 1.54) is 6.07 Å². The molecule has 1 aliphatic heterocycles. The molecule has 0 saturated carbocycles. The summed E-state index contributed by atoms with van der Waals surface area (Å²) < 4.78 is 28.7. The van der Waals surface area contributed by atoms with Crippen molar-refractivity contribution < 1.29 is 13.2 Å². The molecule has 0 spiro atoms. The molecule has 7 heteroatoms. The smallest absolute Gasteiger partial charge is 0.286 e. The molecule has 0 fully saturated rings. The SMILES string of the molecule is CCCCN1C(C)=NS(=O)(=O)c2cc(C(=O)NC(C)CC)ccc21. The van der Waals surface area contributed by atoms with Crippen LogP contribution in [0.15, 0.2) is 27.5 Å². The van der Waals surface area contributed by atoms with Gasteiger partial charge < -0.3 is 10.2 Å². The van der Waals surface area contributed by atoms with Gasteiger partial charge in [0.05, 0.1) is 5.69 Å². The molecule has 132 valence electrons. The summed E-state index contributed by atoms with van der Waals surface area (Å²) in [5.74, 6) is 0.196. The van der Waals surface area contributed by atoms with Crippen LogP contribution in [0.2, 0.25) is 0 Å². The summed E-state index contributed by atoms with van der Waals surface area (Å²) in [6.45, 7) is 8.36. The Hall–Kier alpha value is -1.89. The van der Waals surface area contributed by atoms with E-state index in [4.69, 9.17) is 0 Å². The summed E-state index contributed by atoms with van der Waals surface area (Å²) in [5.41, 5.74) is 0.929. The fourth-order valence-electron chi connectivity index (χ4n) is 2.54. The van der Waals surface area contributed by atoms with Gasteiger partial charge in [0.25, 0.3) is 15.9 Å². The van der Waals surface area contributed by atoms with Gasteiger partial charge >= 0.3 is 0 Å².